The molecule has 1 saturated carbocycles. The Balaban J connectivity index is 1.65. The van der Waals surface area contributed by atoms with E-state index in [2.05, 4.69) is 20.6 Å². The quantitative estimate of drug-likeness (QED) is 0.746. The first-order valence-corrected chi connectivity index (χ1v) is 8.14. The number of phenols is 1. The number of carbonyl (C=O) groups excluding carboxylic acids is 1. The molecule has 0 unspecified atom stereocenters. The molecule has 1 aromatic heterocycles. The Morgan fingerprint density at radius 2 is 1.92 bits per heavy atom. The molecule has 0 radical (unpaired) electrons. The minimum atomic E-state index is -0.0454. The fourth-order valence-corrected chi connectivity index (χ4v) is 2.85. The normalized spacial score (nSPS) is 13.6. The summed E-state index contributed by atoms with van der Waals surface area (Å²) in [4.78, 5) is 15.1. The minimum absolute atomic E-state index is 0.0454. The van der Waals surface area contributed by atoms with Crippen molar-refractivity contribution in [2.45, 2.75) is 25.4 Å². The summed E-state index contributed by atoms with van der Waals surface area (Å²) in [5, 5.41) is 23.4. The molecule has 7 heteroatoms. The Hall–Kier alpha value is -3.22. The third-order valence-electron chi connectivity index (χ3n) is 4.28. The first kappa shape index (κ1) is 15.3. The van der Waals surface area contributed by atoms with Crippen molar-refractivity contribution in [3.05, 3.63) is 59.7 Å². The maximum atomic E-state index is 13.2. The molecular formula is C18H17N5O2. The second-order valence-electron chi connectivity index (χ2n) is 6.11. The van der Waals surface area contributed by atoms with Crippen LogP contribution in [-0.2, 0) is 6.54 Å². The SMILES string of the molecule is O=C(c1ccccc1-c1nn[nH]n1)N(Cc1ccc(O)cc1)C1CC1. The second-order valence-corrected chi connectivity index (χ2v) is 6.11. The topological polar surface area (TPSA) is 95.0 Å². The van der Waals surface area contributed by atoms with Crippen molar-refractivity contribution < 1.29 is 9.90 Å². The van der Waals surface area contributed by atoms with E-state index in [-0.39, 0.29) is 17.7 Å². The van der Waals surface area contributed by atoms with Gasteiger partial charge in [-0.05, 0) is 41.8 Å². The van der Waals surface area contributed by atoms with E-state index in [1.165, 1.54) is 0 Å². The molecule has 126 valence electrons. The van der Waals surface area contributed by atoms with Crippen molar-refractivity contribution >= 4 is 5.91 Å². The summed E-state index contributed by atoms with van der Waals surface area (Å²) in [5.41, 5.74) is 2.21. The van der Waals surface area contributed by atoms with Crippen molar-refractivity contribution in [3.8, 4) is 17.1 Å². The number of benzene rings is 2. The van der Waals surface area contributed by atoms with E-state index in [0.717, 1.165) is 18.4 Å². The third kappa shape index (κ3) is 3.21. The van der Waals surface area contributed by atoms with E-state index in [0.29, 0.717) is 23.5 Å². The van der Waals surface area contributed by atoms with Crippen molar-refractivity contribution in [3.63, 3.8) is 0 Å². The number of hydrogen-bond donors (Lipinski definition) is 2. The Morgan fingerprint density at radius 3 is 2.60 bits per heavy atom. The summed E-state index contributed by atoms with van der Waals surface area (Å²) in [6, 6.07) is 14.5. The highest BCUT2D eigenvalue weighted by Crippen LogP contribution is 2.31. The second kappa shape index (κ2) is 6.35. The lowest BCUT2D eigenvalue weighted by Gasteiger charge is -2.23. The van der Waals surface area contributed by atoms with Gasteiger partial charge in [-0.15, -0.1) is 10.2 Å². The van der Waals surface area contributed by atoms with E-state index in [1.807, 2.05) is 35.2 Å². The van der Waals surface area contributed by atoms with Crippen LogP contribution in [-0.4, -0.2) is 42.6 Å². The van der Waals surface area contributed by atoms with Gasteiger partial charge < -0.3 is 10.0 Å². The van der Waals surface area contributed by atoms with Gasteiger partial charge in [-0.3, -0.25) is 4.79 Å². The molecule has 4 rings (SSSR count). The lowest BCUT2D eigenvalue weighted by atomic mass is 10.0. The number of rotatable bonds is 5. The van der Waals surface area contributed by atoms with E-state index in [4.69, 9.17) is 0 Å². The van der Waals surface area contributed by atoms with Crippen LogP contribution in [0.25, 0.3) is 11.4 Å². The van der Waals surface area contributed by atoms with Gasteiger partial charge in [0.25, 0.3) is 5.91 Å². The average molecular weight is 335 g/mol. The number of aromatic nitrogens is 4. The number of phenolic OH excluding ortho intramolecular Hbond substituents is 1. The van der Waals surface area contributed by atoms with Gasteiger partial charge in [-0.2, -0.15) is 5.21 Å². The molecule has 1 aliphatic rings. The van der Waals surface area contributed by atoms with Crippen molar-refractivity contribution in [2.75, 3.05) is 0 Å². The maximum Gasteiger partial charge on any atom is 0.255 e. The zero-order valence-corrected chi connectivity index (χ0v) is 13.5. The molecule has 1 aliphatic carbocycles. The van der Waals surface area contributed by atoms with Crippen LogP contribution >= 0.6 is 0 Å². The predicted molar refractivity (Wildman–Crippen MR) is 90.6 cm³/mol. The molecule has 0 saturated heterocycles. The summed E-state index contributed by atoms with van der Waals surface area (Å²) < 4.78 is 0. The Morgan fingerprint density at radius 1 is 1.16 bits per heavy atom. The molecule has 3 aromatic rings. The predicted octanol–water partition coefficient (Wildman–Crippen LogP) is 2.38. The monoisotopic (exact) mass is 335 g/mol. The van der Waals surface area contributed by atoms with Crippen molar-refractivity contribution in [2.24, 2.45) is 0 Å². The van der Waals surface area contributed by atoms with Crippen LogP contribution < -0.4 is 0 Å². The van der Waals surface area contributed by atoms with Crippen molar-refractivity contribution in [1.29, 1.82) is 0 Å². The highest BCUT2D eigenvalue weighted by atomic mass is 16.3. The minimum Gasteiger partial charge on any atom is -0.508 e. The number of aromatic amines is 1. The van der Waals surface area contributed by atoms with Gasteiger partial charge in [0.15, 0.2) is 0 Å². The largest absolute Gasteiger partial charge is 0.508 e. The smallest absolute Gasteiger partial charge is 0.255 e. The number of H-pyrrole nitrogens is 1. The number of aromatic hydroxyl groups is 1. The van der Waals surface area contributed by atoms with Gasteiger partial charge in [0.2, 0.25) is 5.82 Å². The van der Waals surface area contributed by atoms with Gasteiger partial charge in [0.1, 0.15) is 5.75 Å². The molecule has 1 fully saturated rings. The highest BCUT2D eigenvalue weighted by Gasteiger charge is 2.34. The highest BCUT2D eigenvalue weighted by molar-refractivity contribution is 6.00. The number of hydrogen-bond acceptors (Lipinski definition) is 5. The molecule has 1 heterocycles. The lowest BCUT2D eigenvalue weighted by molar-refractivity contribution is 0.0730. The van der Waals surface area contributed by atoms with Gasteiger partial charge in [-0.1, -0.05) is 30.3 Å². The number of nitrogens with zero attached hydrogens (tertiary/aromatic N) is 4. The average Bonchev–Trinajstić information content (AvgIpc) is 3.34. The molecule has 1 amide bonds. The van der Waals surface area contributed by atoms with Crippen LogP contribution in [0.5, 0.6) is 5.75 Å². The molecular weight excluding hydrogens is 318 g/mol. The molecule has 2 aromatic carbocycles. The number of tetrazole rings is 1. The van der Waals surface area contributed by atoms with Crippen LogP contribution in [0.3, 0.4) is 0 Å². The number of carbonyl (C=O) groups is 1. The Bertz CT molecular complexity index is 873. The molecule has 0 aliphatic heterocycles. The molecule has 25 heavy (non-hydrogen) atoms. The fourth-order valence-electron chi connectivity index (χ4n) is 2.85. The first-order chi connectivity index (χ1) is 12.2. The third-order valence-corrected chi connectivity index (χ3v) is 4.28. The van der Waals surface area contributed by atoms with E-state index < -0.39 is 0 Å². The van der Waals surface area contributed by atoms with Gasteiger partial charge in [0, 0.05) is 18.2 Å². The Labute approximate surface area is 144 Å². The Kier molecular flexibility index (Phi) is 3.89. The molecule has 0 spiro atoms. The molecule has 7 nitrogen and oxygen atoms in total. The molecule has 0 bridgehead atoms. The van der Waals surface area contributed by atoms with Gasteiger partial charge in [0.05, 0.1) is 5.56 Å². The van der Waals surface area contributed by atoms with Crippen LogP contribution in [0.15, 0.2) is 48.5 Å². The molecule has 0 atom stereocenters. The first-order valence-electron chi connectivity index (χ1n) is 8.14. The zero-order valence-electron chi connectivity index (χ0n) is 13.5. The lowest BCUT2D eigenvalue weighted by Crippen LogP contribution is -2.33. The van der Waals surface area contributed by atoms with Crippen LogP contribution in [0.4, 0.5) is 0 Å². The van der Waals surface area contributed by atoms with E-state index in [9.17, 15) is 9.90 Å². The van der Waals surface area contributed by atoms with E-state index >= 15 is 0 Å². The summed E-state index contributed by atoms with van der Waals surface area (Å²) in [5.74, 6) is 0.579. The van der Waals surface area contributed by atoms with Gasteiger partial charge >= 0.3 is 0 Å². The fraction of sp³-hybridized carbons (Fsp3) is 0.222. The van der Waals surface area contributed by atoms with Gasteiger partial charge in [-0.25, -0.2) is 0 Å². The van der Waals surface area contributed by atoms with Crippen molar-refractivity contribution in [1.82, 2.24) is 25.5 Å². The zero-order chi connectivity index (χ0) is 17.2. The molecule has 2 N–H and O–H groups in total. The maximum absolute atomic E-state index is 13.2. The van der Waals surface area contributed by atoms with Crippen LogP contribution in [0.2, 0.25) is 0 Å². The van der Waals surface area contributed by atoms with Crippen LogP contribution in [0, 0.1) is 0 Å². The number of nitrogens with one attached hydrogen (secondary N) is 1. The van der Waals surface area contributed by atoms with Crippen LogP contribution in [0.1, 0.15) is 28.8 Å². The number of amides is 1. The summed E-state index contributed by atoms with van der Waals surface area (Å²) >= 11 is 0. The summed E-state index contributed by atoms with van der Waals surface area (Å²) in [6.45, 7) is 0.504. The summed E-state index contributed by atoms with van der Waals surface area (Å²) in [6.07, 6.45) is 2.02. The standard InChI is InChI=1S/C18H17N5O2/c24-14-9-5-12(6-10-14)11-23(13-7-8-13)18(25)16-4-2-1-3-15(16)17-19-21-22-20-17/h1-6,9-10,13,24H,7-8,11H2,(H,19,20,21,22). The van der Waals surface area contributed by atoms with E-state index in [1.54, 1.807) is 18.2 Å². The summed E-state index contributed by atoms with van der Waals surface area (Å²) in [7, 11) is 0.